The van der Waals surface area contributed by atoms with Crippen LogP contribution in [0.25, 0.3) is 28.1 Å². The fourth-order valence-corrected chi connectivity index (χ4v) is 4.41. The highest BCUT2D eigenvalue weighted by Gasteiger charge is 2.35. The normalized spacial score (nSPS) is 11.9. The third-order valence-corrected chi connectivity index (χ3v) is 7.00. The number of sulfonamides is 1. The van der Waals surface area contributed by atoms with Crippen molar-refractivity contribution in [3.8, 4) is 16.9 Å². The minimum atomic E-state index is -4.61. The van der Waals surface area contributed by atoms with Gasteiger partial charge in [-0.1, -0.05) is 29.8 Å². The molecule has 5 rings (SSSR count). The van der Waals surface area contributed by atoms with Gasteiger partial charge in [-0.15, -0.1) is 0 Å². The van der Waals surface area contributed by atoms with Crippen molar-refractivity contribution in [1.29, 1.82) is 0 Å². The van der Waals surface area contributed by atoms with Gasteiger partial charge >= 0.3 is 11.9 Å². The van der Waals surface area contributed by atoms with Gasteiger partial charge in [0.1, 0.15) is 0 Å². The van der Waals surface area contributed by atoms with E-state index < -0.39 is 21.9 Å². The van der Waals surface area contributed by atoms with Crippen LogP contribution in [0.4, 0.5) is 13.2 Å². The fraction of sp³-hybridized carbons (Fsp3) is 0.200. The van der Waals surface area contributed by atoms with E-state index in [4.69, 9.17) is 5.14 Å². The fourth-order valence-electron chi connectivity index (χ4n) is 3.89. The molecule has 0 atom stereocenters. The van der Waals surface area contributed by atoms with Crippen LogP contribution in [0.1, 0.15) is 11.3 Å². The Balaban J connectivity index is 0.000000222. The third-order valence-electron chi connectivity index (χ3n) is 6.07. The summed E-state index contributed by atoms with van der Waals surface area (Å²) in [6, 6.07) is 13.1. The van der Waals surface area contributed by atoms with Crippen LogP contribution in [0.2, 0.25) is 0 Å². The Morgan fingerprint density at radius 2 is 1.50 bits per heavy atom. The number of halogens is 3. The van der Waals surface area contributed by atoms with Crippen LogP contribution in [0.5, 0.6) is 0 Å². The second-order valence-electron chi connectivity index (χ2n) is 8.96. The highest BCUT2D eigenvalue weighted by atomic mass is 32.2. The summed E-state index contributed by atoms with van der Waals surface area (Å²) < 4.78 is 67.2. The van der Waals surface area contributed by atoms with Crippen LogP contribution in [-0.4, -0.2) is 36.9 Å². The molecule has 210 valence electrons. The quantitative estimate of drug-likeness (QED) is 0.351. The monoisotopic (exact) mass is 575 g/mol. The summed E-state index contributed by atoms with van der Waals surface area (Å²) >= 11 is 0. The summed E-state index contributed by atoms with van der Waals surface area (Å²) in [6.07, 6.45) is -3.09. The van der Waals surface area contributed by atoms with E-state index in [1.807, 2.05) is 6.92 Å². The molecule has 0 saturated carbocycles. The molecule has 0 radical (unpaired) electrons. The molecular formula is C25H24F3N7O4S. The van der Waals surface area contributed by atoms with Crippen LogP contribution in [-0.2, 0) is 37.3 Å². The summed E-state index contributed by atoms with van der Waals surface area (Å²) in [6.45, 7) is 1.87. The largest absolute Gasteiger partial charge is 0.435 e. The van der Waals surface area contributed by atoms with E-state index in [0.29, 0.717) is 16.7 Å². The number of aryl methyl sites for hydroxylation is 3. The van der Waals surface area contributed by atoms with E-state index in [9.17, 15) is 31.2 Å². The summed E-state index contributed by atoms with van der Waals surface area (Å²) in [4.78, 5) is 27.0. The van der Waals surface area contributed by atoms with Crippen molar-refractivity contribution in [2.45, 2.75) is 18.0 Å². The average molecular weight is 576 g/mol. The van der Waals surface area contributed by atoms with Gasteiger partial charge in [-0.05, 0) is 37.3 Å². The number of hydrogen-bond acceptors (Lipinski definition) is 6. The number of benzene rings is 2. The minimum absolute atomic E-state index is 0.138. The number of imidazole rings is 1. The molecule has 11 nitrogen and oxygen atoms in total. The molecule has 2 aromatic carbocycles. The zero-order valence-electron chi connectivity index (χ0n) is 21.7. The van der Waals surface area contributed by atoms with Gasteiger partial charge < -0.3 is 4.57 Å². The van der Waals surface area contributed by atoms with Gasteiger partial charge in [-0.2, -0.15) is 18.3 Å². The molecule has 0 aliphatic carbocycles. The van der Waals surface area contributed by atoms with Crippen molar-refractivity contribution in [3.63, 3.8) is 0 Å². The second-order valence-corrected chi connectivity index (χ2v) is 10.5. The lowest BCUT2D eigenvalue weighted by Crippen LogP contribution is -2.37. The van der Waals surface area contributed by atoms with Crippen LogP contribution in [0, 0.1) is 6.92 Å². The molecule has 0 spiro atoms. The van der Waals surface area contributed by atoms with Gasteiger partial charge in [0, 0.05) is 26.7 Å². The number of primary sulfonamides is 1. The van der Waals surface area contributed by atoms with E-state index >= 15 is 0 Å². The van der Waals surface area contributed by atoms with E-state index in [1.165, 1.54) is 42.2 Å². The minimum Gasteiger partial charge on any atom is -0.328 e. The molecule has 0 saturated heterocycles. The lowest BCUT2D eigenvalue weighted by Gasteiger charge is -2.09. The molecule has 3 heterocycles. The van der Waals surface area contributed by atoms with E-state index in [2.05, 4.69) is 10.1 Å². The Labute approximate surface area is 225 Å². The molecule has 40 heavy (non-hydrogen) atoms. The van der Waals surface area contributed by atoms with E-state index in [0.717, 1.165) is 20.9 Å². The van der Waals surface area contributed by atoms with Gasteiger partial charge in [0.05, 0.1) is 22.6 Å². The number of nitrogens with two attached hydrogens (primary N) is 1. The summed E-state index contributed by atoms with van der Waals surface area (Å²) in [5.74, 6) is 0. The Morgan fingerprint density at radius 1 is 0.900 bits per heavy atom. The third kappa shape index (κ3) is 5.46. The Hall–Kier alpha value is -4.50. The number of alkyl halides is 3. The molecule has 5 aromatic rings. The first-order valence-corrected chi connectivity index (χ1v) is 13.1. The van der Waals surface area contributed by atoms with Crippen LogP contribution in [0.3, 0.4) is 0 Å². The van der Waals surface area contributed by atoms with Gasteiger partial charge in [0.15, 0.2) is 16.9 Å². The topological polar surface area (TPSA) is 140 Å². The Bertz CT molecular complexity index is 1930. The first kappa shape index (κ1) is 28.5. The number of aromatic nitrogens is 6. The van der Waals surface area contributed by atoms with Crippen LogP contribution in [0.15, 0.2) is 75.4 Å². The SMILES string of the molecule is Cc1ccc(-c2cc(C(F)(F)F)nn2-c2ccc(S(N)(=O)=O)cc2)cc1.Cn1c(=O)c2c(ncn2C)n(C)c1=O. The van der Waals surface area contributed by atoms with Crippen molar-refractivity contribution >= 4 is 21.2 Å². The van der Waals surface area contributed by atoms with Gasteiger partial charge in [-0.3, -0.25) is 13.9 Å². The van der Waals surface area contributed by atoms with Crippen molar-refractivity contribution in [2.24, 2.45) is 26.3 Å². The van der Waals surface area contributed by atoms with Crippen molar-refractivity contribution in [3.05, 3.63) is 93.0 Å². The second kappa shape index (κ2) is 10.2. The Morgan fingerprint density at radius 3 is 2.05 bits per heavy atom. The molecule has 0 unspecified atom stereocenters. The number of hydrogen-bond donors (Lipinski definition) is 1. The van der Waals surface area contributed by atoms with Gasteiger partial charge in [-0.25, -0.2) is 28.0 Å². The Kier molecular flexibility index (Phi) is 7.30. The first-order chi connectivity index (χ1) is 18.6. The standard InChI is InChI=1S/C17H14F3N3O2S.C8H10N4O2/c1-11-2-4-12(5-3-11)15-10-16(17(18,19)20)22-23(15)13-6-8-14(9-7-13)26(21,24)25;1-10-4-9-6-5(10)7(13)12(3)8(14)11(6)2/h2-10H,1H3,(H2,21,24,25);4H,1-3H3. The number of rotatable bonds is 3. The number of nitrogens with zero attached hydrogens (tertiary/aromatic N) is 6. The predicted octanol–water partition coefficient (Wildman–Crippen LogP) is 2.48. The molecule has 3 aromatic heterocycles. The zero-order chi connectivity index (χ0) is 29.6. The molecule has 0 aliphatic rings. The smallest absolute Gasteiger partial charge is 0.328 e. The molecule has 2 N–H and O–H groups in total. The molecule has 0 aliphatic heterocycles. The lowest BCUT2D eigenvalue weighted by molar-refractivity contribution is -0.141. The maximum absolute atomic E-state index is 13.1. The van der Waals surface area contributed by atoms with Gasteiger partial charge in [0.25, 0.3) is 5.56 Å². The summed E-state index contributed by atoms with van der Waals surface area (Å²) in [5, 5.41) is 8.70. The summed E-state index contributed by atoms with van der Waals surface area (Å²) in [5.41, 5.74) is 1.18. The van der Waals surface area contributed by atoms with Gasteiger partial charge in [0.2, 0.25) is 10.0 Å². The number of fused-ring (bicyclic) bond motifs is 1. The average Bonchev–Trinajstić information content (AvgIpc) is 3.51. The van der Waals surface area contributed by atoms with Crippen LogP contribution >= 0.6 is 0 Å². The highest BCUT2D eigenvalue weighted by molar-refractivity contribution is 7.89. The van der Waals surface area contributed by atoms with E-state index in [1.54, 1.807) is 42.9 Å². The van der Waals surface area contributed by atoms with Crippen molar-refractivity contribution in [2.75, 3.05) is 0 Å². The van der Waals surface area contributed by atoms with Crippen LogP contribution < -0.4 is 16.4 Å². The summed E-state index contributed by atoms with van der Waals surface area (Å²) in [7, 11) is 0.877. The molecule has 0 bridgehead atoms. The van der Waals surface area contributed by atoms with E-state index in [-0.39, 0.29) is 27.5 Å². The molecule has 15 heteroatoms. The lowest BCUT2D eigenvalue weighted by atomic mass is 10.1. The van der Waals surface area contributed by atoms with Crippen molar-refractivity contribution < 1.29 is 21.6 Å². The molecule has 0 amide bonds. The maximum atomic E-state index is 13.1. The molecular weight excluding hydrogens is 551 g/mol. The maximum Gasteiger partial charge on any atom is 0.435 e. The highest BCUT2D eigenvalue weighted by Crippen LogP contribution is 2.33. The predicted molar refractivity (Wildman–Crippen MR) is 141 cm³/mol. The first-order valence-electron chi connectivity index (χ1n) is 11.5. The zero-order valence-corrected chi connectivity index (χ0v) is 22.5. The molecule has 0 fully saturated rings. The van der Waals surface area contributed by atoms with Crippen molar-refractivity contribution in [1.82, 2.24) is 28.5 Å².